The van der Waals surface area contributed by atoms with Crippen molar-refractivity contribution >= 4 is 66.9 Å². The Morgan fingerprint density at radius 2 is 1.78 bits per heavy atom. The lowest BCUT2D eigenvalue weighted by molar-refractivity contribution is -0.149. The van der Waals surface area contributed by atoms with Crippen molar-refractivity contribution in [3.63, 3.8) is 0 Å². The molecule has 4 fully saturated rings. The molecule has 2 aromatic carbocycles. The summed E-state index contributed by atoms with van der Waals surface area (Å²) in [7, 11) is -2.38. The van der Waals surface area contributed by atoms with Crippen LogP contribution in [0, 0.1) is 17.3 Å². The van der Waals surface area contributed by atoms with E-state index in [0.29, 0.717) is 65.5 Å². The molecule has 2 aromatic heterocycles. The number of ether oxygens (including phenoxy) is 2. The number of rotatable bonds is 15. The maximum absolute atomic E-state index is 15.1. The molecule has 2 aliphatic carbocycles. The number of methoxy groups -OCH3 is 1. The lowest BCUT2D eigenvalue weighted by Crippen LogP contribution is -2.57. The third-order valence-electron chi connectivity index (χ3n) is 12.7. The van der Waals surface area contributed by atoms with Crippen LogP contribution in [-0.2, 0) is 34.0 Å². The van der Waals surface area contributed by atoms with Gasteiger partial charge in [-0.2, -0.15) is 0 Å². The summed E-state index contributed by atoms with van der Waals surface area (Å²) in [6.45, 7) is 9.64. The van der Waals surface area contributed by atoms with Gasteiger partial charge in [-0.3, -0.25) is 28.7 Å². The number of aromatic nitrogens is 2. The molecular formula is C46H53N7O9S2. The van der Waals surface area contributed by atoms with Gasteiger partial charge in [0.25, 0.3) is 5.91 Å². The van der Waals surface area contributed by atoms with Crippen LogP contribution < -0.4 is 24.8 Å². The molecule has 3 unspecified atom stereocenters. The monoisotopic (exact) mass is 911 g/mol. The number of hydrogen-bond acceptors (Lipinski definition) is 12. The molecule has 338 valence electrons. The highest BCUT2D eigenvalue weighted by Crippen LogP contribution is 2.46. The number of carbonyl (C=O) groups excluding carboxylic acids is 5. The van der Waals surface area contributed by atoms with Gasteiger partial charge in [-0.15, -0.1) is 17.9 Å². The van der Waals surface area contributed by atoms with E-state index in [4.69, 9.17) is 14.5 Å². The number of likely N-dealkylation sites (tertiary alicyclic amines) is 2. The molecule has 4 heterocycles. The summed E-state index contributed by atoms with van der Waals surface area (Å²) in [5.41, 5.74) is -0.325. The third kappa shape index (κ3) is 9.20. The average molecular weight is 912 g/mol. The molecule has 0 radical (unpaired) electrons. The second kappa shape index (κ2) is 17.6. The van der Waals surface area contributed by atoms with Crippen molar-refractivity contribution < 1.29 is 41.9 Å². The third-order valence-corrected chi connectivity index (χ3v) is 15.2. The number of thiazole rings is 1. The minimum Gasteiger partial charge on any atom is -0.497 e. The number of nitrogens with zero attached hydrogens (tertiary/aromatic N) is 4. The molecule has 8 rings (SSSR count). The number of benzene rings is 2. The Labute approximate surface area is 376 Å². The van der Waals surface area contributed by atoms with Crippen LogP contribution >= 0.6 is 11.3 Å². The molecule has 2 aliphatic heterocycles. The standard InChI is InChI=1S/C46H53N7O9S2/c1-6-28-25-46(28,43(58)51-64(59,60)31-15-16-31)50-41(56)37-22-30(62-38-24-34(27-11-8-7-9-12-27)48-35-21-29(61-5)14-17-32(35)38)26-53(37)42(57)33(45(2,3)4)23-39(54)52-19-10-13-36(52)40(55)49-44-47-18-20-63-44/h6-9,11-12,14,17-18,20-21,24,28,30-31,33,36-37H,1,10,13,15-16,19,22-23,25-26H2,2-5H3,(H,50,56)(H,51,58)(H,47,49,55)/t28?,30-,33?,36?,37+,46-/m1/s1. The number of amides is 5. The fourth-order valence-corrected chi connectivity index (χ4v) is 10.7. The highest BCUT2D eigenvalue weighted by Gasteiger charge is 2.62. The van der Waals surface area contributed by atoms with E-state index >= 15 is 4.79 Å². The summed E-state index contributed by atoms with van der Waals surface area (Å²) in [6, 6.07) is 14.9. The number of nitrogens with one attached hydrogen (secondary N) is 3. The second-order valence-corrected chi connectivity index (χ2v) is 21.0. The zero-order chi connectivity index (χ0) is 45.6. The largest absolute Gasteiger partial charge is 0.497 e. The Bertz CT molecular complexity index is 2580. The summed E-state index contributed by atoms with van der Waals surface area (Å²) >= 11 is 1.27. The molecule has 0 spiro atoms. The molecular weight excluding hydrogens is 859 g/mol. The molecule has 16 nitrogen and oxygen atoms in total. The van der Waals surface area contributed by atoms with E-state index in [0.717, 1.165) is 5.56 Å². The van der Waals surface area contributed by atoms with Crippen LogP contribution in [-0.4, -0.2) is 107 Å². The fourth-order valence-electron chi connectivity index (χ4n) is 8.80. The van der Waals surface area contributed by atoms with E-state index < -0.39 is 74.0 Å². The molecule has 0 bridgehead atoms. The van der Waals surface area contributed by atoms with E-state index in [9.17, 15) is 27.6 Å². The predicted molar refractivity (Wildman–Crippen MR) is 241 cm³/mol. The minimum atomic E-state index is -3.94. The summed E-state index contributed by atoms with van der Waals surface area (Å²) in [6.07, 6.45) is 4.16. The van der Waals surface area contributed by atoms with Gasteiger partial charge < -0.3 is 29.9 Å². The zero-order valence-corrected chi connectivity index (χ0v) is 37.9. The topological polar surface area (TPSA) is 206 Å². The van der Waals surface area contributed by atoms with Crippen molar-refractivity contribution in [1.82, 2.24) is 29.8 Å². The van der Waals surface area contributed by atoms with E-state index in [-0.39, 0.29) is 37.6 Å². The predicted octanol–water partition coefficient (Wildman–Crippen LogP) is 5.07. The lowest BCUT2D eigenvalue weighted by atomic mass is 9.77. The van der Waals surface area contributed by atoms with Crippen LogP contribution in [0.3, 0.4) is 0 Å². The van der Waals surface area contributed by atoms with Crippen LogP contribution in [0.15, 0.2) is 78.8 Å². The Hall–Kier alpha value is -5.88. The van der Waals surface area contributed by atoms with E-state index in [1.807, 2.05) is 63.2 Å². The second-order valence-electron chi connectivity index (χ2n) is 18.1. The van der Waals surface area contributed by atoms with Crippen LogP contribution in [0.5, 0.6) is 11.5 Å². The molecule has 4 aromatic rings. The SMILES string of the molecule is C=CC1C[C@]1(NC(=O)[C@@H]1C[C@@H](Oc2cc(-c3ccccc3)nc3cc(OC)ccc23)CN1C(=O)C(CC(=O)N1CCCC1C(=O)Nc1nccs1)C(C)(C)C)C(=O)NS(=O)(=O)C1CC1. The molecule has 64 heavy (non-hydrogen) atoms. The highest BCUT2D eigenvalue weighted by atomic mass is 32.2. The lowest BCUT2D eigenvalue weighted by Gasteiger charge is -2.36. The molecule has 5 amide bonds. The van der Waals surface area contributed by atoms with Gasteiger partial charge >= 0.3 is 0 Å². The van der Waals surface area contributed by atoms with Crippen LogP contribution in [0.4, 0.5) is 5.13 Å². The number of pyridine rings is 1. The number of hydrogen-bond donors (Lipinski definition) is 3. The van der Waals surface area contributed by atoms with Crippen molar-refractivity contribution in [3.05, 3.63) is 78.8 Å². The van der Waals surface area contributed by atoms with Crippen LogP contribution in [0.2, 0.25) is 0 Å². The average Bonchev–Trinajstić information content (AvgIpc) is 4.04. The van der Waals surface area contributed by atoms with Crippen molar-refractivity contribution in [2.24, 2.45) is 17.3 Å². The maximum Gasteiger partial charge on any atom is 0.259 e. The zero-order valence-electron chi connectivity index (χ0n) is 36.2. The van der Waals surface area contributed by atoms with Crippen LogP contribution in [0.1, 0.15) is 65.7 Å². The maximum atomic E-state index is 15.1. The van der Waals surface area contributed by atoms with Gasteiger partial charge in [0, 0.05) is 60.0 Å². The first kappa shape index (κ1) is 44.7. The van der Waals surface area contributed by atoms with Crippen LogP contribution in [0.25, 0.3) is 22.2 Å². The number of carbonyl (C=O) groups is 5. The van der Waals surface area contributed by atoms with E-state index in [2.05, 4.69) is 26.9 Å². The van der Waals surface area contributed by atoms with Crippen molar-refractivity contribution in [2.45, 2.75) is 94.7 Å². The van der Waals surface area contributed by atoms with Crippen molar-refractivity contribution in [1.29, 1.82) is 0 Å². The fraction of sp³-hybridized carbons (Fsp3) is 0.457. The highest BCUT2D eigenvalue weighted by molar-refractivity contribution is 7.91. The van der Waals surface area contributed by atoms with Gasteiger partial charge in [0.15, 0.2) is 5.13 Å². The minimum absolute atomic E-state index is 0.00494. The van der Waals surface area contributed by atoms with Gasteiger partial charge in [-0.05, 0) is 49.7 Å². The Balaban J connectivity index is 1.10. The summed E-state index contributed by atoms with van der Waals surface area (Å²) in [5, 5.41) is 7.81. The normalized spacial score (nSPS) is 23.6. The smallest absolute Gasteiger partial charge is 0.259 e. The number of anilines is 1. The molecule has 2 saturated carbocycles. The van der Waals surface area contributed by atoms with Crippen molar-refractivity contribution in [2.75, 3.05) is 25.5 Å². The molecule has 18 heteroatoms. The van der Waals surface area contributed by atoms with Gasteiger partial charge in [-0.1, -0.05) is 57.2 Å². The number of fused-ring (bicyclic) bond motifs is 1. The van der Waals surface area contributed by atoms with Gasteiger partial charge in [0.1, 0.15) is 35.2 Å². The van der Waals surface area contributed by atoms with E-state index in [1.165, 1.54) is 27.2 Å². The van der Waals surface area contributed by atoms with E-state index in [1.54, 1.807) is 30.8 Å². The summed E-state index contributed by atoms with van der Waals surface area (Å²) in [5.74, 6) is -3.18. The first-order valence-corrected chi connectivity index (χ1v) is 24.0. The van der Waals surface area contributed by atoms with Crippen molar-refractivity contribution in [3.8, 4) is 22.8 Å². The first-order chi connectivity index (χ1) is 30.5. The molecule has 2 saturated heterocycles. The summed E-state index contributed by atoms with van der Waals surface area (Å²) < 4.78 is 40.2. The Kier molecular flexibility index (Phi) is 12.3. The van der Waals surface area contributed by atoms with Gasteiger partial charge in [-0.25, -0.2) is 18.4 Å². The quantitative estimate of drug-likeness (QED) is 0.134. The molecule has 3 N–H and O–H groups in total. The van der Waals surface area contributed by atoms with Gasteiger partial charge in [0.05, 0.1) is 36.0 Å². The number of sulfonamides is 1. The molecule has 6 atom stereocenters. The first-order valence-electron chi connectivity index (χ1n) is 21.5. The summed E-state index contributed by atoms with van der Waals surface area (Å²) in [4.78, 5) is 83.1. The Morgan fingerprint density at radius 1 is 1.02 bits per heavy atom. The molecule has 4 aliphatic rings. The Morgan fingerprint density at radius 3 is 2.44 bits per heavy atom. The van der Waals surface area contributed by atoms with Gasteiger partial charge in [0.2, 0.25) is 33.7 Å².